The van der Waals surface area contributed by atoms with Crippen molar-refractivity contribution in [3.05, 3.63) is 61.6 Å². The smallest absolute Gasteiger partial charge is 0.271 e. The molecule has 1 amide bonds. The van der Waals surface area contributed by atoms with Gasteiger partial charge in [-0.15, -0.1) is 0 Å². The first-order valence-electron chi connectivity index (χ1n) is 7.05. The molecular weight excluding hydrogens is 400 g/mol. The zero-order valence-corrected chi connectivity index (χ0v) is 15.1. The Hall–Kier alpha value is -2.12. The zero-order valence-electron chi connectivity index (χ0n) is 12.7. The second kappa shape index (κ2) is 8.12. The highest BCUT2D eigenvalue weighted by Gasteiger charge is 2.13. The molecule has 2 aromatic rings. The van der Waals surface area contributed by atoms with Gasteiger partial charge in [-0.05, 0) is 46.1 Å². The monoisotopic (exact) mass is 412 g/mol. The number of rotatable bonds is 6. The number of nitrogens with zero attached hydrogens (tertiary/aromatic N) is 1. The van der Waals surface area contributed by atoms with E-state index in [1.807, 2.05) is 19.1 Å². The third-order valence-electron chi connectivity index (χ3n) is 3.20. The predicted molar refractivity (Wildman–Crippen MR) is 95.8 cm³/mol. The summed E-state index contributed by atoms with van der Waals surface area (Å²) in [5.41, 5.74) is 1.15. The Morgan fingerprint density at radius 1 is 1.33 bits per heavy atom. The highest BCUT2D eigenvalue weighted by molar-refractivity contribution is 9.10. The number of aryl methyl sites for hydroxylation is 1. The van der Waals surface area contributed by atoms with Gasteiger partial charge in [-0.25, -0.2) is 0 Å². The molecule has 0 atom stereocenters. The number of hydrogen-bond acceptors (Lipinski definition) is 4. The second-order valence-electron chi connectivity index (χ2n) is 4.88. The number of benzene rings is 2. The Bertz CT molecular complexity index is 783. The van der Waals surface area contributed by atoms with E-state index in [1.165, 1.54) is 18.2 Å². The van der Waals surface area contributed by atoms with E-state index < -0.39 is 10.8 Å². The van der Waals surface area contributed by atoms with Crippen molar-refractivity contribution >= 4 is 44.8 Å². The number of amides is 1. The average Bonchev–Trinajstić information content (AvgIpc) is 2.55. The van der Waals surface area contributed by atoms with Crippen molar-refractivity contribution in [1.82, 2.24) is 0 Å². The number of hydrogen-bond donors (Lipinski definition) is 1. The molecule has 0 aliphatic rings. The maximum atomic E-state index is 12.0. The third kappa shape index (κ3) is 4.69. The number of anilines is 1. The lowest BCUT2D eigenvalue weighted by molar-refractivity contribution is -0.384. The van der Waals surface area contributed by atoms with Gasteiger partial charge in [-0.1, -0.05) is 24.6 Å². The lowest BCUT2D eigenvalue weighted by Crippen LogP contribution is -2.20. The van der Waals surface area contributed by atoms with Gasteiger partial charge in [0.2, 0.25) is 0 Å². The highest BCUT2D eigenvalue weighted by Crippen LogP contribution is 2.28. The first-order valence-corrected chi connectivity index (χ1v) is 8.22. The molecule has 0 spiro atoms. The van der Waals surface area contributed by atoms with Crippen LogP contribution in [0.2, 0.25) is 5.02 Å². The van der Waals surface area contributed by atoms with E-state index in [2.05, 4.69) is 21.2 Å². The van der Waals surface area contributed by atoms with E-state index in [1.54, 1.807) is 6.07 Å². The van der Waals surface area contributed by atoms with Crippen molar-refractivity contribution in [3.63, 3.8) is 0 Å². The summed E-state index contributed by atoms with van der Waals surface area (Å²) in [6.07, 6.45) is 0.894. The number of nitro groups is 1. The van der Waals surface area contributed by atoms with Crippen LogP contribution in [0.25, 0.3) is 0 Å². The van der Waals surface area contributed by atoms with Crippen LogP contribution in [0.1, 0.15) is 12.5 Å². The summed E-state index contributed by atoms with van der Waals surface area (Å²) in [4.78, 5) is 22.2. The Labute approximate surface area is 152 Å². The minimum absolute atomic E-state index is 0.159. The van der Waals surface area contributed by atoms with E-state index in [0.29, 0.717) is 5.75 Å². The minimum Gasteiger partial charge on any atom is -0.483 e. The third-order valence-corrected chi connectivity index (χ3v) is 4.15. The lowest BCUT2D eigenvalue weighted by Gasteiger charge is -2.10. The van der Waals surface area contributed by atoms with Crippen molar-refractivity contribution in [3.8, 4) is 5.75 Å². The molecule has 0 aliphatic heterocycles. The first-order chi connectivity index (χ1) is 11.4. The summed E-state index contributed by atoms with van der Waals surface area (Å²) < 4.78 is 6.20. The van der Waals surface area contributed by atoms with Crippen LogP contribution in [0.5, 0.6) is 5.75 Å². The highest BCUT2D eigenvalue weighted by atomic mass is 79.9. The maximum Gasteiger partial charge on any atom is 0.271 e. The minimum atomic E-state index is -0.561. The fraction of sp³-hybridized carbons (Fsp3) is 0.188. The first kappa shape index (κ1) is 18.2. The van der Waals surface area contributed by atoms with Gasteiger partial charge in [0.25, 0.3) is 11.6 Å². The Balaban J connectivity index is 2.01. The van der Waals surface area contributed by atoms with Crippen LogP contribution < -0.4 is 10.1 Å². The number of nitro benzene ring substituents is 1. The molecule has 8 heteroatoms. The number of non-ortho nitro benzene ring substituents is 1. The summed E-state index contributed by atoms with van der Waals surface area (Å²) in [6, 6.07) is 9.43. The fourth-order valence-corrected chi connectivity index (χ4v) is 2.64. The Morgan fingerprint density at radius 2 is 2.08 bits per heavy atom. The summed E-state index contributed by atoms with van der Waals surface area (Å²) >= 11 is 9.32. The molecule has 0 fully saturated rings. The van der Waals surface area contributed by atoms with E-state index in [4.69, 9.17) is 16.3 Å². The molecule has 0 radical (unpaired) electrons. The zero-order chi connectivity index (χ0) is 17.7. The van der Waals surface area contributed by atoms with E-state index in [-0.39, 0.29) is 23.0 Å². The molecular formula is C16H14BrClN2O4. The summed E-state index contributed by atoms with van der Waals surface area (Å²) in [5, 5.41) is 13.5. The largest absolute Gasteiger partial charge is 0.483 e. The number of carbonyl (C=O) groups excluding carboxylic acids is 1. The standard InChI is InChI=1S/C16H14BrClN2O4/c1-2-10-3-6-15(12(17)7-10)24-9-16(21)19-14-8-11(20(22)23)4-5-13(14)18/h3-8H,2,9H2,1H3,(H,19,21). The van der Waals surface area contributed by atoms with Crippen LogP contribution in [-0.2, 0) is 11.2 Å². The Kier molecular flexibility index (Phi) is 6.16. The maximum absolute atomic E-state index is 12.0. The van der Waals surface area contributed by atoms with Gasteiger partial charge in [0.1, 0.15) is 5.75 Å². The van der Waals surface area contributed by atoms with Gasteiger partial charge in [-0.2, -0.15) is 0 Å². The van der Waals surface area contributed by atoms with Gasteiger partial charge in [-0.3, -0.25) is 14.9 Å². The topological polar surface area (TPSA) is 81.5 Å². The molecule has 0 bridgehead atoms. The van der Waals surface area contributed by atoms with Gasteiger partial charge < -0.3 is 10.1 Å². The van der Waals surface area contributed by atoms with E-state index in [0.717, 1.165) is 16.5 Å². The SMILES string of the molecule is CCc1ccc(OCC(=O)Nc2cc([N+](=O)[O-])ccc2Cl)c(Br)c1. The van der Waals surface area contributed by atoms with E-state index >= 15 is 0 Å². The number of ether oxygens (including phenoxy) is 1. The Morgan fingerprint density at radius 3 is 2.71 bits per heavy atom. The van der Waals surface area contributed by atoms with Crippen molar-refractivity contribution in [2.24, 2.45) is 0 Å². The predicted octanol–water partition coefficient (Wildman–Crippen LogP) is 4.59. The van der Waals surface area contributed by atoms with Crippen molar-refractivity contribution in [1.29, 1.82) is 0 Å². The van der Waals surface area contributed by atoms with Crippen LogP contribution in [0.3, 0.4) is 0 Å². The molecule has 0 saturated carbocycles. The normalized spacial score (nSPS) is 10.3. The van der Waals surface area contributed by atoms with Crippen LogP contribution >= 0.6 is 27.5 Å². The molecule has 0 aromatic heterocycles. The molecule has 2 rings (SSSR count). The lowest BCUT2D eigenvalue weighted by atomic mass is 10.2. The fourth-order valence-electron chi connectivity index (χ4n) is 1.93. The van der Waals surface area contributed by atoms with Crippen molar-refractivity contribution < 1.29 is 14.5 Å². The van der Waals surface area contributed by atoms with Gasteiger partial charge >= 0.3 is 0 Å². The number of nitrogens with one attached hydrogen (secondary N) is 1. The van der Waals surface area contributed by atoms with Crippen LogP contribution in [-0.4, -0.2) is 17.4 Å². The molecule has 1 N–H and O–H groups in total. The molecule has 6 nitrogen and oxygen atoms in total. The second-order valence-corrected chi connectivity index (χ2v) is 6.14. The molecule has 0 unspecified atom stereocenters. The summed E-state index contributed by atoms with van der Waals surface area (Å²) in [7, 11) is 0. The molecule has 0 saturated heterocycles. The van der Waals surface area contributed by atoms with E-state index in [9.17, 15) is 14.9 Å². The van der Waals surface area contributed by atoms with Crippen molar-refractivity contribution in [2.45, 2.75) is 13.3 Å². The quantitative estimate of drug-likeness (QED) is 0.555. The van der Waals surface area contributed by atoms with Crippen LogP contribution in [0, 0.1) is 10.1 Å². The average molecular weight is 414 g/mol. The van der Waals surface area contributed by atoms with Crippen LogP contribution in [0.4, 0.5) is 11.4 Å². The van der Waals surface area contributed by atoms with Crippen molar-refractivity contribution in [2.75, 3.05) is 11.9 Å². The molecule has 24 heavy (non-hydrogen) atoms. The van der Waals surface area contributed by atoms with Gasteiger partial charge in [0.15, 0.2) is 6.61 Å². The van der Waals surface area contributed by atoms with Gasteiger partial charge in [0.05, 0.1) is 20.1 Å². The number of halogens is 2. The number of carbonyl (C=O) groups is 1. The molecule has 0 aliphatic carbocycles. The summed E-state index contributed by atoms with van der Waals surface area (Å²) in [6.45, 7) is 1.79. The van der Waals surface area contributed by atoms with Gasteiger partial charge in [0, 0.05) is 12.1 Å². The molecule has 0 heterocycles. The summed E-state index contributed by atoms with van der Waals surface area (Å²) in [5.74, 6) is 0.0661. The molecule has 2 aromatic carbocycles. The molecule has 126 valence electrons. The van der Waals surface area contributed by atoms with Crippen LogP contribution in [0.15, 0.2) is 40.9 Å².